The molecule has 1 unspecified atom stereocenters. The third-order valence-electron chi connectivity index (χ3n) is 5.76. The minimum atomic E-state index is -0.737. The number of carbonyl (C=O) groups excluding carboxylic acids is 1. The fourth-order valence-electron chi connectivity index (χ4n) is 4.02. The number of ether oxygens (including phenoxy) is 2. The monoisotopic (exact) mass is 465 g/mol. The lowest BCUT2D eigenvalue weighted by atomic mass is 10.1. The number of piperidine rings is 1. The summed E-state index contributed by atoms with van der Waals surface area (Å²) in [4.78, 5) is 22.8. The lowest BCUT2D eigenvalue weighted by Crippen LogP contribution is -2.28. The van der Waals surface area contributed by atoms with Crippen LogP contribution in [0, 0.1) is 0 Å². The number of hydrogen-bond donors (Lipinski definition) is 2. The molecule has 1 saturated heterocycles. The Labute approximate surface area is 199 Å². The summed E-state index contributed by atoms with van der Waals surface area (Å²) < 4.78 is 12.7. The number of pyridine rings is 2. The quantitative estimate of drug-likeness (QED) is 0.464. The average Bonchev–Trinajstić information content (AvgIpc) is 3.28. The van der Waals surface area contributed by atoms with E-state index in [1.54, 1.807) is 31.2 Å². The van der Waals surface area contributed by atoms with Gasteiger partial charge in [-0.05, 0) is 56.5 Å². The highest BCUT2D eigenvalue weighted by molar-refractivity contribution is 5.89. The van der Waals surface area contributed by atoms with E-state index in [0.29, 0.717) is 36.0 Å². The predicted octanol–water partition coefficient (Wildman–Crippen LogP) is 3.00. The van der Waals surface area contributed by atoms with E-state index in [9.17, 15) is 9.90 Å². The Kier molecular flexibility index (Phi) is 7.64. The van der Waals surface area contributed by atoms with E-state index >= 15 is 0 Å². The van der Waals surface area contributed by atoms with E-state index in [2.05, 4.69) is 20.9 Å². The molecule has 0 radical (unpaired) electrons. The second-order valence-corrected chi connectivity index (χ2v) is 8.32. The van der Waals surface area contributed by atoms with Crippen LogP contribution in [-0.4, -0.2) is 58.0 Å². The van der Waals surface area contributed by atoms with Gasteiger partial charge in [0.05, 0.1) is 30.2 Å². The smallest absolute Gasteiger partial charge is 0.339 e. The Morgan fingerprint density at radius 2 is 1.97 bits per heavy atom. The third-order valence-corrected chi connectivity index (χ3v) is 5.76. The Morgan fingerprint density at radius 1 is 1.15 bits per heavy atom. The molecular formula is C25H31N5O4. The van der Waals surface area contributed by atoms with Crippen LogP contribution in [0.1, 0.15) is 42.2 Å². The summed E-state index contributed by atoms with van der Waals surface area (Å²) in [7, 11) is 0. The van der Waals surface area contributed by atoms with Gasteiger partial charge in [-0.1, -0.05) is 0 Å². The molecule has 0 amide bonds. The number of esters is 1. The van der Waals surface area contributed by atoms with Crippen LogP contribution in [0.25, 0.3) is 5.82 Å². The topological polar surface area (TPSA) is 116 Å². The van der Waals surface area contributed by atoms with Crippen molar-refractivity contribution in [3.05, 3.63) is 60.2 Å². The number of nitrogens with two attached hydrogens (primary N) is 1. The first-order valence-corrected chi connectivity index (χ1v) is 11.7. The molecule has 4 heterocycles. The van der Waals surface area contributed by atoms with Crippen LogP contribution in [0.15, 0.2) is 48.9 Å². The Balaban J connectivity index is 1.53. The van der Waals surface area contributed by atoms with Gasteiger partial charge >= 0.3 is 5.97 Å². The van der Waals surface area contributed by atoms with Crippen LogP contribution >= 0.6 is 0 Å². The fourth-order valence-corrected chi connectivity index (χ4v) is 4.02. The van der Waals surface area contributed by atoms with E-state index in [0.717, 1.165) is 24.5 Å². The van der Waals surface area contributed by atoms with Crippen molar-refractivity contribution in [2.45, 2.75) is 38.7 Å². The van der Waals surface area contributed by atoms with Gasteiger partial charge in [0.15, 0.2) is 0 Å². The number of aromatic nitrogens is 3. The maximum Gasteiger partial charge on any atom is 0.339 e. The van der Waals surface area contributed by atoms with Gasteiger partial charge in [-0.15, -0.1) is 0 Å². The zero-order chi connectivity index (χ0) is 23.9. The number of anilines is 2. The maximum absolute atomic E-state index is 12.0. The van der Waals surface area contributed by atoms with E-state index in [1.807, 2.05) is 10.8 Å². The van der Waals surface area contributed by atoms with Crippen LogP contribution in [-0.2, 0) is 11.2 Å². The second-order valence-electron chi connectivity index (χ2n) is 8.32. The molecule has 0 saturated carbocycles. The van der Waals surface area contributed by atoms with Crippen molar-refractivity contribution in [1.29, 1.82) is 0 Å². The Bertz CT molecular complexity index is 1080. The molecule has 3 aromatic heterocycles. The molecule has 0 aromatic carbocycles. The minimum Gasteiger partial charge on any atom is -0.489 e. The molecule has 0 bridgehead atoms. The first kappa shape index (κ1) is 23.6. The summed E-state index contributed by atoms with van der Waals surface area (Å²) in [6.07, 6.45) is 8.32. The van der Waals surface area contributed by atoms with Crippen LogP contribution in [0.5, 0.6) is 5.75 Å². The van der Waals surface area contributed by atoms with Gasteiger partial charge < -0.3 is 29.8 Å². The van der Waals surface area contributed by atoms with Crippen molar-refractivity contribution >= 4 is 17.5 Å². The van der Waals surface area contributed by atoms with E-state index in [4.69, 9.17) is 15.2 Å². The van der Waals surface area contributed by atoms with Gasteiger partial charge in [-0.3, -0.25) is 0 Å². The van der Waals surface area contributed by atoms with Crippen LogP contribution < -0.4 is 15.4 Å². The number of nitrogen functional groups attached to an aromatic ring is 1. The largest absolute Gasteiger partial charge is 0.489 e. The summed E-state index contributed by atoms with van der Waals surface area (Å²) in [6.45, 7) is 4.22. The molecule has 180 valence electrons. The maximum atomic E-state index is 12.0. The van der Waals surface area contributed by atoms with E-state index in [-0.39, 0.29) is 6.61 Å². The minimum absolute atomic E-state index is 0.116. The molecule has 3 N–H and O–H groups in total. The van der Waals surface area contributed by atoms with Crippen LogP contribution in [0.2, 0.25) is 0 Å². The molecule has 0 spiro atoms. The highest BCUT2D eigenvalue weighted by Gasteiger charge is 2.19. The zero-order valence-electron chi connectivity index (χ0n) is 19.4. The molecule has 1 fully saturated rings. The van der Waals surface area contributed by atoms with Gasteiger partial charge in [0.1, 0.15) is 24.0 Å². The molecular weight excluding hydrogens is 434 g/mol. The highest BCUT2D eigenvalue weighted by atomic mass is 16.5. The number of nitrogens with zero attached hydrogens (tertiary/aromatic N) is 4. The standard InChI is InChI=1S/C25H31N5O4/c1-2-33-25(32)18-6-9-24(28-14-18)30-16-20(29-10-4-3-5-11-29)12-19(30)13-21(31)17-34-22-7-8-23(26)27-15-22/h6-9,12,14-16,21,31H,2-5,10-11,13,17H2,1H3,(H2,26,27). The van der Waals surface area contributed by atoms with E-state index in [1.165, 1.54) is 31.7 Å². The predicted molar refractivity (Wildman–Crippen MR) is 129 cm³/mol. The molecule has 1 aliphatic heterocycles. The van der Waals surface area contributed by atoms with Crippen molar-refractivity contribution in [2.75, 3.05) is 36.9 Å². The van der Waals surface area contributed by atoms with Crippen molar-refractivity contribution < 1.29 is 19.4 Å². The number of aliphatic hydroxyl groups excluding tert-OH is 1. The van der Waals surface area contributed by atoms with Crippen molar-refractivity contribution in [2.24, 2.45) is 0 Å². The molecule has 3 aromatic rings. The average molecular weight is 466 g/mol. The Hall–Kier alpha value is -3.59. The highest BCUT2D eigenvalue weighted by Crippen LogP contribution is 2.26. The van der Waals surface area contributed by atoms with Crippen LogP contribution in [0.4, 0.5) is 11.5 Å². The van der Waals surface area contributed by atoms with Gasteiger partial charge in [0.25, 0.3) is 0 Å². The van der Waals surface area contributed by atoms with Crippen LogP contribution in [0.3, 0.4) is 0 Å². The number of rotatable bonds is 9. The molecule has 34 heavy (non-hydrogen) atoms. The van der Waals surface area contributed by atoms with Gasteiger partial charge in [0, 0.05) is 37.6 Å². The molecule has 1 atom stereocenters. The first-order valence-electron chi connectivity index (χ1n) is 11.7. The lowest BCUT2D eigenvalue weighted by molar-refractivity contribution is 0.0526. The summed E-state index contributed by atoms with van der Waals surface area (Å²) in [5, 5.41) is 10.7. The normalized spacial score (nSPS) is 14.6. The fraction of sp³-hybridized carbons (Fsp3) is 0.400. The number of carbonyl (C=O) groups is 1. The summed E-state index contributed by atoms with van der Waals surface area (Å²) in [6, 6.07) is 8.97. The van der Waals surface area contributed by atoms with Gasteiger partial charge in [0.2, 0.25) is 0 Å². The van der Waals surface area contributed by atoms with Crippen molar-refractivity contribution in [1.82, 2.24) is 14.5 Å². The SMILES string of the molecule is CCOC(=O)c1ccc(-n2cc(N3CCCCC3)cc2CC(O)COc2ccc(N)nc2)nc1. The summed E-state index contributed by atoms with van der Waals surface area (Å²) in [5.41, 5.74) is 8.02. The molecule has 9 nitrogen and oxygen atoms in total. The van der Waals surface area contributed by atoms with Gasteiger partial charge in [-0.2, -0.15) is 0 Å². The number of hydrogen-bond acceptors (Lipinski definition) is 8. The molecule has 4 rings (SSSR count). The first-order chi connectivity index (χ1) is 16.5. The lowest BCUT2D eigenvalue weighted by Gasteiger charge is -2.27. The molecule has 1 aliphatic rings. The van der Waals surface area contributed by atoms with Crippen molar-refractivity contribution in [3.63, 3.8) is 0 Å². The number of aliphatic hydroxyl groups is 1. The Morgan fingerprint density at radius 3 is 2.65 bits per heavy atom. The third kappa shape index (κ3) is 5.85. The van der Waals surface area contributed by atoms with Gasteiger partial charge in [-0.25, -0.2) is 14.8 Å². The summed E-state index contributed by atoms with van der Waals surface area (Å²) >= 11 is 0. The zero-order valence-corrected chi connectivity index (χ0v) is 19.4. The summed E-state index contributed by atoms with van der Waals surface area (Å²) in [5.74, 6) is 1.24. The molecule has 9 heteroatoms. The van der Waals surface area contributed by atoms with E-state index < -0.39 is 12.1 Å². The second kappa shape index (κ2) is 11.0. The van der Waals surface area contributed by atoms with Crippen molar-refractivity contribution in [3.8, 4) is 11.6 Å². The molecule has 0 aliphatic carbocycles.